The van der Waals surface area contributed by atoms with Gasteiger partial charge in [0.05, 0.1) is 0 Å². The van der Waals surface area contributed by atoms with Gasteiger partial charge in [-0.2, -0.15) is 0 Å². The van der Waals surface area contributed by atoms with Crippen molar-refractivity contribution in [3.05, 3.63) is 0 Å². The average molecular weight is 296 g/mol. The van der Waals surface area contributed by atoms with Crippen LogP contribution in [0, 0.1) is 0 Å². The van der Waals surface area contributed by atoms with Gasteiger partial charge in [0, 0.05) is 11.5 Å². The van der Waals surface area contributed by atoms with Gasteiger partial charge in [0.1, 0.15) is 12.1 Å². The van der Waals surface area contributed by atoms with Gasteiger partial charge in [0.15, 0.2) is 0 Å². The van der Waals surface area contributed by atoms with Crippen LogP contribution in [-0.4, -0.2) is 58.6 Å². The summed E-state index contributed by atoms with van der Waals surface area (Å²) in [4.78, 5) is 41.5. The summed E-state index contributed by atoms with van der Waals surface area (Å²) in [6.07, 6.45) is 0.579. The van der Waals surface area contributed by atoms with E-state index in [9.17, 15) is 19.2 Å². The Kier molecular flexibility index (Phi) is 8.84. The second kappa shape index (κ2) is 9.59. The van der Waals surface area contributed by atoms with E-state index in [0.717, 1.165) is 21.6 Å². The van der Waals surface area contributed by atoms with Crippen LogP contribution >= 0.6 is 21.6 Å². The number of aliphatic carboxylic acids is 2. The fraction of sp³-hybridized carbons (Fsp3) is 0.500. The molecule has 0 fully saturated rings. The Hall–Kier alpha value is -1.42. The van der Waals surface area contributed by atoms with E-state index in [0.29, 0.717) is 0 Å². The molecule has 0 saturated carbocycles. The molecule has 0 radical (unpaired) electrons. The number of carbonyl (C=O) groups is 4. The second-order valence-electron chi connectivity index (χ2n) is 2.92. The largest absolute Gasteiger partial charge is 0.480 e. The van der Waals surface area contributed by atoms with Crippen LogP contribution in [0.1, 0.15) is 0 Å². The van der Waals surface area contributed by atoms with Crippen LogP contribution in [0.15, 0.2) is 0 Å². The molecule has 0 aromatic heterocycles. The number of hydrogen-bond acceptors (Lipinski definition) is 6. The van der Waals surface area contributed by atoms with Gasteiger partial charge in [-0.3, -0.25) is 9.59 Å². The van der Waals surface area contributed by atoms with E-state index in [1.54, 1.807) is 0 Å². The van der Waals surface area contributed by atoms with Crippen LogP contribution in [0.25, 0.3) is 0 Å². The predicted molar refractivity (Wildman–Crippen MR) is 66.2 cm³/mol. The lowest BCUT2D eigenvalue weighted by Gasteiger charge is -2.12. The number of hydrogen-bond donors (Lipinski definition) is 4. The molecule has 0 aliphatic heterocycles. The van der Waals surface area contributed by atoms with E-state index in [-0.39, 0.29) is 24.3 Å². The molecular formula is C8H12N2O6S2. The summed E-state index contributed by atoms with van der Waals surface area (Å²) in [5, 5.41) is 21.6. The molecule has 4 N–H and O–H groups in total. The molecule has 10 heteroatoms. The fourth-order valence-corrected chi connectivity index (χ4v) is 3.11. The molecule has 0 aromatic rings. The van der Waals surface area contributed by atoms with Crippen molar-refractivity contribution >= 4 is 46.3 Å². The summed E-state index contributed by atoms with van der Waals surface area (Å²) in [7, 11) is 2.19. The Morgan fingerprint density at radius 1 is 0.944 bits per heavy atom. The van der Waals surface area contributed by atoms with Crippen molar-refractivity contribution in [1.82, 2.24) is 10.6 Å². The number of carboxylic acids is 2. The normalized spacial score (nSPS) is 13.1. The molecule has 0 aromatic carbocycles. The van der Waals surface area contributed by atoms with Crippen LogP contribution < -0.4 is 10.6 Å². The van der Waals surface area contributed by atoms with Gasteiger partial charge >= 0.3 is 11.9 Å². The summed E-state index contributed by atoms with van der Waals surface area (Å²) >= 11 is 0. The Balaban J connectivity index is 3.94. The molecule has 0 aliphatic rings. The summed E-state index contributed by atoms with van der Waals surface area (Å²) in [5.41, 5.74) is 0. The summed E-state index contributed by atoms with van der Waals surface area (Å²) in [6, 6.07) is -2.05. The maximum absolute atomic E-state index is 10.6. The van der Waals surface area contributed by atoms with Gasteiger partial charge < -0.3 is 20.8 Å². The van der Waals surface area contributed by atoms with E-state index < -0.39 is 24.0 Å². The Morgan fingerprint density at radius 3 is 1.50 bits per heavy atom. The number of amides is 2. The van der Waals surface area contributed by atoms with Crippen molar-refractivity contribution in [2.45, 2.75) is 12.1 Å². The van der Waals surface area contributed by atoms with Crippen molar-refractivity contribution in [2.24, 2.45) is 0 Å². The lowest BCUT2D eigenvalue weighted by molar-refractivity contribution is -0.140. The molecule has 8 nitrogen and oxygen atoms in total. The van der Waals surface area contributed by atoms with E-state index in [4.69, 9.17) is 10.2 Å². The number of carbonyl (C=O) groups excluding carboxylic acids is 2. The van der Waals surface area contributed by atoms with Gasteiger partial charge in [-0.05, 0) is 0 Å². The van der Waals surface area contributed by atoms with Crippen molar-refractivity contribution in [3.8, 4) is 0 Å². The van der Waals surface area contributed by atoms with Crippen LogP contribution in [0.5, 0.6) is 0 Å². The highest BCUT2D eigenvalue weighted by atomic mass is 33.1. The smallest absolute Gasteiger partial charge is 0.327 e. The minimum absolute atomic E-state index is 0.0895. The first-order valence-electron chi connectivity index (χ1n) is 4.62. The third-order valence-corrected chi connectivity index (χ3v) is 4.11. The third kappa shape index (κ3) is 7.01. The first kappa shape index (κ1) is 16.6. The molecule has 2 amide bonds. The third-order valence-electron chi connectivity index (χ3n) is 1.69. The average Bonchev–Trinajstić information content (AvgIpc) is 2.30. The Labute approximate surface area is 110 Å². The molecule has 0 saturated heterocycles. The van der Waals surface area contributed by atoms with E-state index >= 15 is 0 Å². The van der Waals surface area contributed by atoms with Gasteiger partial charge in [0.25, 0.3) is 0 Å². The molecule has 2 atom stereocenters. The minimum Gasteiger partial charge on any atom is -0.480 e. The van der Waals surface area contributed by atoms with Crippen molar-refractivity contribution < 1.29 is 29.4 Å². The molecule has 0 rings (SSSR count). The predicted octanol–water partition coefficient (Wildman–Crippen LogP) is -1.23. The SMILES string of the molecule is O=CNC(CSSCC(NC=O)C(=O)O)C(=O)O. The van der Waals surface area contributed by atoms with Gasteiger partial charge in [-0.25, -0.2) is 9.59 Å². The lowest BCUT2D eigenvalue weighted by atomic mass is 10.3. The molecule has 102 valence electrons. The Bertz CT molecular complexity index is 284. The van der Waals surface area contributed by atoms with Crippen molar-refractivity contribution in [2.75, 3.05) is 11.5 Å². The molecule has 0 bridgehead atoms. The maximum atomic E-state index is 10.6. The number of rotatable bonds is 11. The van der Waals surface area contributed by atoms with Crippen LogP contribution in [0.4, 0.5) is 0 Å². The first-order valence-corrected chi connectivity index (χ1v) is 7.11. The molecule has 0 spiro atoms. The number of nitrogens with one attached hydrogen (secondary N) is 2. The topological polar surface area (TPSA) is 133 Å². The summed E-state index contributed by atoms with van der Waals surface area (Å²) < 4.78 is 0. The van der Waals surface area contributed by atoms with Crippen molar-refractivity contribution in [1.29, 1.82) is 0 Å². The first-order chi connectivity index (χ1) is 8.52. The van der Waals surface area contributed by atoms with Crippen LogP contribution in [-0.2, 0) is 19.2 Å². The minimum atomic E-state index is -1.17. The number of carboxylic acid groups (broad SMARTS) is 2. The highest BCUT2D eigenvalue weighted by Crippen LogP contribution is 2.22. The van der Waals surface area contributed by atoms with Crippen LogP contribution in [0.2, 0.25) is 0 Å². The Morgan fingerprint density at radius 2 is 1.28 bits per heavy atom. The highest BCUT2D eigenvalue weighted by Gasteiger charge is 2.19. The standard InChI is InChI=1S/C8H12N2O6S2/c11-3-9-5(7(13)14)1-17-18-2-6(8(15)16)10-4-12/h3-6H,1-2H2,(H,9,11)(H,10,12)(H,13,14)(H,15,16). The van der Waals surface area contributed by atoms with Gasteiger partial charge in [-0.15, -0.1) is 0 Å². The van der Waals surface area contributed by atoms with Gasteiger partial charge in [-0.1, -0.05) is 21.6 Å². The molecule has 2 unspecified atom stereocenters. The fourth-order valence-electron chi connectivity index (χ4n) is 0.778. The van der Waals surface area contributed by atoms with Crippen molar-refractivity contribution in [3.63, 3.8) is 0 Å². The van der Waals surface area contributed by atoms with E-state index in [2.05, 4.69) is 10.6 Å². The molecule has 18 heavy (non-hydrogen) atoms. The monoisotopic (exact) mass is 296 g/mol. The molecule has 0 heterocycles. The second-order valence-corrected chi connectivity index (χ2v) is 5.47. The zero-order chi connectivity index (χ0) is 14.0. The lowest BCUT2D eigenvalue weighted by Crippen LogP contribution is -2.38. The summed E-state index contributed by atoms with van der Waals surface area (Å²) in [6.45, 7) is 0. The zero-order valence-electron chi connectivity index (χ0n) is 9.07. The van der Waals surface area contributed by atoms with Crippen LogP contribution in [0.3, 0.4) is 0 Å². The zero-order valence-corrected chi connectivity index (χ0v) is 10.7. The molecule has 0 aliphatic carbocycles. The van der Waals surface area contributed by atoms with E-state index in [1.807, 2.05) is 0 Å². The highest BCUT2D eigenvalue weighted by molar-refractivity contribution is 8.76. The quantitative estimate of drug-likeness (QED) is 0.211. The summed E-state index contributed by atoms with van der Waals surface area (Å²) in [5.74, 6) is -2.16. The maximum Gasteiger partial charge on any atom is 0.327 e. The molecular weight excluding hydrogens is 284 g/mol. The van der Waals surface area contributed by atoms with E-state index in [1.165, 1.54) is 0 Å². The van der Waals surface area contributed by atoms with Gasteiger partial charge in [0.2, 0.25) is 12.8 Å².